The average molecular weight is 294 g/mol. The number of nitrogens with two attached hydrogens (primary N) is 1. The van der Waals surface area contributed by atoms with Gasteiger partial charge in [0.2, 0.25) is 0 Å². The molecule has 0 aliphatic carbocycles. The zero-order valence-electron chi connectivity index (χ0n) is 11.8. The Hall–Kier alpha value is -2.37. The van der Waals surface area contributed by atoms with Crippen LogP contribution in [-0.4, -0.2) is 10.5 Å². The summed E-state index contributed by atoms with van der Waals surface area (Å²) in [5, 5.41) is 0. The number of nitrogens with zero attached hydrogens (tertiary/aromatic N) is 1. The Morgan fingerprint density at radius 2 is 2.00 bits per heavy atom. The number of esters is 1. The molecule has 0 bridgehead atoms. The number of hydrogen-bond donors (Lipinski definition) is 1. The summed E-state index contributed by atoms with van der Waals surface area (Å²) in [5.74, 6) is -2.48. The number of rotatable bonds is 4. The monoisotopic (exact) mass is 294 g/mol. The van der Waals surface area contributed by atoms with Gasteiger partial charge >= 0.3 is 5.97 Å². The fraction of sp³-hybridized carbons (Fsp3) is 0.267. The minimum atomic E-state index is -0.974. The summed E-state index contributed by atoms with van der Waals surface area (Å²) in [7, 11) is 0. The molecule has 0 unspecified atom stereocenters. The molecule has 1 aromatic carbocycles. The van der Waals surface area contributed by atoms with E-state index in [1.807, 2.05) is 13.8 Å². The molecule has 0 aliphatic heterocycles. The fourth-order valence-electron chi connectivity index (χ4n) is 1.94. The molecule has 2 aromatic rings. The SMILES string of the molecule is CC(C)n1cc(N)cc1C(=O)OCc1ccc(F)c(F)c1. The lowest BCUT2D eigenvalue weighted by atomic mass is 10.2. The van der Waals surface area contributed by atoms with Crippen molar-refractivity contribution in [3.63, 3.8) is 0 Å². The highest BCUT2D eigenvalue weighted by Gasteiger charge is 2.16. The second kappa shape index (κ2) is 5.95. The summed E-state index contributed by atoms with van der Waals surface area (Å²) in [4.78, 5) is 12.0. The lowest BCUT2D eigenvalue weighted by molar-refractivity contribution is 0.0458. The molecule has 0 aliphatic rings. The van der Waals surface area contributed by atoms with E-state index in [9.17, 15) is 13.6 Å². The number of nitrogen functional groups attached to an aromatic ring is 1. The van der Waals surface area contributed by atoms with Gasteiger partial charge in [-0.2, -0.15) is 0 Å². The number of carbonyl (C=O) groups is 1. The Kier molecular flexibility index (Phi) is 4.26. The van der Waals surface area contributed by atoms with Gasteiger partial charge in [0, 0.05) is 12.2 Å². The molecule has 21 heavy (non-hydrogen) atoms. The van der Waals surface area contributed by atoms with Crippen LogP contribution in [0.4, 0.5) is 14.5 Å². The minimum absolute atomic E-state index is 0.0492. The van der Waals surface area contributed by atoms with Crippen LogP contribution in [0.15, 0.2) is 30.5 Å². The van der Waals surface area contributed by atoms with Crippen molar-refractivity contribution >= 4 is 11.7 Å². The quantitative estimate of drug-likeness (QED) is 0.880. The maximum atomic E-state index is 13.1. The Morgan fingerprint density at radius 1 is 1.29 bits per heavy atom. The predicted molar refractivity (Wildman–Crippen MR) is 74.7 cm³/mol. The van der Waals surface area contributed by atoms with Gasteiger partial charge in [-0.05, 0) is 37.6 Å². The molecule has 4 nitrogen and oxygen atoms in total. The molecule has 112 valence electrons. The summed E-state index contributed by atoms with van der Waals surface area (Å²) >= 11 is 0. The number of aromatic nitrogens is 1. The third-order valence-electron chi connectivity index (χ3n) is 2.99. The van der Waals surface area contributed by atoms with Crippen molar-refractivity contribution in [1.29, 1.82) is 0 Å². The molecule has 2 N–H and O–H groups in total. The van der Waals surface area contributed by atoms with Crippen molar-refractivity contribution < 1.29 is 18.3 Å². The molecule has 0 atom stereocenters. The molecule has 0 saturated carbocycles. The van der Waals surface area contributed by atoms with Gasteiger partial charge in [-0.1, -0.05) is 6.07 Å². The van der Waals surface area contributed by atoms with Crippen molar-refractivity contribution in [3.05, 3.63) is 53.4 Å². The van der Waals surface area contributed by atoms with E-state index in [1.165, 1.54) is 12.1 Å². The lowest BCUT2D eigenvalue weighted by Gasteiger charge is -2.12. The van der Waals surface area contributed by atoms with E-state index in [-0.39, 0.29) is 12.6 Å². The maximum Gasteiger partial charge on any atom is 0.355 e. The predicted octanol–water partition coefficient (Wildman–Crippen LogP) is 3.29. The minimum Gasteiger partial charge on any atom is -0.456 e. The van der Waals surface area contributed by atoms with Gasteiger partial charge in [-0.25, -0.2) is 13.6 Å². The van der Waals surface area contributed by atoms with E-state index in [4.69, 9.17) is 10.5 Å². The molecule has 0 fully saturated rings. The second-order valence-electron chi connectivity index (χ2n) is 4.98. The van der Waals surface area contributed by atoms with Crippen LogP contribution in [0.25, 0.3) is 0 Å². The maximum absolute atomic E-state index is 13.1. The number of halogens is 2. The van der Waals surface area contributed by atoms with Crippen LogP contribution in [-0.2, 0) is 11.3 Å². The van der Waals surface area contributed by atoms with E-state index >= 15 is 0 Å². The third-order valence-corrected chi connectivity index (χ3v) is 2.99. The van der Waals surface area contributed by atoms with Crippen LogP contribution in [0.1, 0.15) is 35.9 Å². The summed E-state index contributed by atoms with van der Waals surface area (Å²) in [6.07, 6.45) is 1.65. The van der Waals surface area contributed by atoms with E-state index in [0.29, 0.717) is 16.9 Å². The number of ether oxygens (including phenoxy) is 1. The van der Waals surface area contributed by atoms with Gasteiger partial charge in [-0.15, -0.1) is 0 Å². The zero-order valence-corrected chi connectivity index (χ0v) is 11.8. The lowest BCUT2D eigenvalue weighted by Crippen LogP contribution is -2.13. The van der Waals surface area contributed by atoms with Crippen molar-refractivity contribution in [2.24, 2.45) is 0 Å². The van der Waals surface area contributed by atoms with E-state index in [0.717, 1.165) is 12.1 Å². The molecule has 0 spiro atoms. The first-order valence-electron chi connectivity index (χ1n) is 6.47. The molecular formula is C15H16F2N2O2. The Labute approximate surface area is 121 Å². The summed E-state index contributed by atoms with van der Waals surface area (Å²) in [6.45, 7) is 3.68. The third kappa shape index (κ3) is 3.39. The Morgan fingerprint density at radius 3 is 2.62 bits per heavy atom. The Balaban J connectivity index is 2.10. The zero-order chi connectivity index (χ0) is 15.6. The van der Waals surface area contributed by atoms with Gasteiger partial charge in [0.15, 0.2) is 11.6 Å². The second-order valence-corrected chi connectivity index (χ2v) is 4.98. The van der Waals surface area contributed by atoms with Crippen molar-refractivity contribution in [3.8, 4) is 0 Å². The van der Waals surface area contributed by atoms with Gasteiger partial charge in [0.1, 0.15) is 12.3 Å². The highest BCUT2D eigenvalue weighted by Crippen LogP contribution is 2.18. The molecule has 0 saturated heterocycles. The van der Waals surface area contributed by atoms with E-state index in [1.54, 1.807) is 10.8 Å². The fourth-order valence-corrected chi connectivity index (χ4v) is 1.94. The summed E-state index contributed by atoms with van der Waals surface area (Å²) < 4.78 is 32.7. The Bertz CT molecular complexity index is 666. The van der Waals surface area contributed by atoms with E-state index < -0.39 is 17.6 Å². The van der Waals surface area contributed by atoms with Crippen LogP contribution in [0.3, 0.4) is 0 Å². The van der Waals surface area contributed by atoms with Crippen LogP contribution < -0.4 is 5.73 Å². The molecule has 1 aromatic heterocycles. The van der Waals surface area contributed by atoms with Crippen molar-refractivity contribution in [2.45, 2.75) is 26.5 Å². The first-order valence-corrected chi connectivity index (χ1v) is 6.47. The first-order chi connectivity index (χ1) is 9.88. The van der Waals surface area contributed by atoms with Crippen LogP contribution in [0.5, 0.6) is 0 Å². The van der Waals surface area contributed by atoms with Gasteiger partial charge in [0.25, 0.3) is 0 Å². The van der Waals surface area contributed by atoms with Crippen LogP contribution in [0.2, 0.25) is 0 Å². The topological polar surface area (TPSA) is 57.2 Å². The van der Waals surface area contributed by atoms with Gasteiger partial charge < -0.3 is 15.0 Å². The number of hydrogen-bond acceptors (Lipinski definition) is 3. The number of carbonyl (C=O) groups excluding carboxylic acids is 1. The largest absolute Gasteiger partial charge is 0.456 e. The van der Waals surface area contributed by atoms with Crippen molar-refractivity contribution in [1.82, 2.24) is 4.57 Å². The van der Waals surface area contributed by atoms with Gasteiger partial charge in [0.05, 0.1) is 5.69 Å². The molecule has 2 rings (SSSR count). The molecule has 0 radical (unpaired) electrons. The normalized spacial score (nSPS) is 10.9. The van der Waals surface area contributed by atoms with Crippen molar-refractivity contribution in [2.75, 3.05) is 5.73 Å². The van der Waals surface area contributed by atoms with Gasteiger partial charge in [-0.3, -0.25) is 0 Å². The number of benzene rings is 1. The molecule has 1 heterocycles. The van der Waals surface area contributed by atoms with E-state index in [2.05, 4.69) is 0 Å². The van der Waals surface area contributed by atoms with Crippen LogP contribution in [0, 0.1) is 11.6 Å². The standard InChI is InChI=1S/C15H16F2N2O2/c1-9(2)19-7-11(18)6-14(19)15(20)21-8-10-3-4-12(16)13(17)5-10/h3-7,9H,8,18H2,1-2H3. The highest BCUT2D eigenvalue weighted by molar-refractivity contribution is 5.89. The van der Waals surface area contributed by atoms with Crippen LogP contribution >= 0.6 is 0 Å². The molecule has 0 amide bonds. The number of anilines is 1. The molecule has 6 heteroatoms. The summed E-state index contributed by atoms with van der Waals surface area (Å²) in [5.41, 5.74) is 6.84. The summed E-state index contributed by atoms with van der Waals surface area (Å²) in [6, 6.07) is 4.93. The highest BCUT2D eigenvalue weighted by atomic mass is 19.2. The molecular weight excluding hydrogens is 278 g/mol. The smallest absolute Gasteiger partial charge is 0.355 e. The first kappa shape index (κ1) is 15.0. The average Bonchev–Trinajstić information content (AvgIpc) is 2.82.